The van der Waals surface area contributed by atoms with Gasteiger partial charge in [-0.05, 0) is 65.6 Å². The predicted octanol–water partition coefficient (Wildman–Crippen LogP) is 6.47. The zero-order valence-electron chi connectivity index (χ0n) is 33.7. The number of Topliss-reactive ketones (excluding diaryl/α,β-unsaturated/α-hetero) is 3. The molecule has 1 N–H and O–H groups in total. The molecule has 2 aliphatic carbocycles. The molecule has 5 rings (SSSR count). The van der Waals surface area contributed by atoms with Crippen molar-refractivity contribution in [2.75, 3.05) is 19.6 Å². The van der Waals surface area contributed by atoms with Crippen LogP contribution in [-0.4, -0.2) is 76.5 Å². The maximum absolute atomic E-state index is 14.6. The van der Waals surface area contributed by atoms with Crippen molar-refractivity contribution in [3.63, 3.8) is 0 Å². The van der Waals surface area contributed by atoms with Crippen LogP contribution in [0.15, 0.2) is 0 Å². The lowest BCUT2D eigenvalue weighted by Crippen LogP contribution is -2.50. The second kappa shape index (κ2) is 16.4. The Kier molecular flexibility index (Phi) is 12.8. The van der Waals surface area contributed by atoms with Crippen molar-refractivity contribution < 1.29 is 33.6 Å². The molecular formula is C43H67N3O7. The van der Waals surface area contributed by atoms with Gasteiger partial charge in [0, 0.05) is 63.6 Å². The summed E-state index contributed by atoms with van der Waals surface area (Å²) in [5.41, 5.74) is -0.855. The van der Waals surface area contributed by atoms with E-state index in [-0.39, 0.29) is 102 Å². The molecule has 3 aliphatic heterocycles. The Morgan fingerprint density at radius 3 is 2.00 bits per heavy atom. The van der Waals surface area contributed by atoms with Crippen molar-refractivity contribution in [2.24, 2.45) is 51.8 Å². The smallest absolute Gasteiger partial charge is 0.287 e. The highest BCUT2D eigenvalue weighted by atomic mass is 16.2. The summed E-state index contributed by atoms with van der Waals surface area (Å²) in [5.74, 6) is -2.83. The number of hydrogen-bond acceptors (Lipinski definition) is 7. The van der Waals surface area contributed by atoms with E-state index in [1.165, 1.54) is 4.90 Å². The first-order valence-corrected chi connectivity index (χ1v) is 20.8. The summed E-state index contributed by atoms with van der Waals surface area (Å²) >= 11 is 0. The Hall–Kier alpha value is -2.91. The van der Waals surface area contributed by atoms with E-state index in [4.69, 9.17) is 0 Å². The molecule has 0 unspecified atom stereocenters. The Morgan fingerprint density at radius 2 is 1.42 bits per heavy atom. The molecule has 0 aromatic carbocycles. The van der Waals surface area contributed by atoms with Crippen LogP contribution in [0, 0.1) is 51.8 Å². The van der Waals surface area contributed by atoms with E-state index in [9.17, 15) is 33.6 Å². The van der Waals surface area contributed by atoms with Gasteiger partial charge in [-0.1, -0.05) is 93.4 Å². The molecule has 4 amide bonds. The zero-order valence-corrected chi connectivity index (χ0v) is 33.7. The number of carbonyl (C=O) groups excluding carboxylic acids is 7. The van der Waals surface area contributed by atoms with Crippen LogP contribution in [-0.2, 0) is 33.6 Å². The first-order valence-electron chi connectivity index (χ1n) is 20.8. The minimum Gasteiger partial charge on any atom is -0.349 e. The van der Waals surface area contributed by atoms with Crippen molar-refractivity contribution in [3.05, 3.63) is 0 Å². The topological polar surface area (TPSA) is 138 Å². The van der Waals surface area contributed by atoms with Crippen LogP contribution in [0.4, 0.5) is 0 Å². The third-order valence-electron chi connectivity index (χ3n) is 13.5. The van der Waals surface area contributed by atoms with Crippen molar-refractivity contribution in [1.82, 2.24) is 15.1 Å². The quantitative estimate of drug-likeness (QED) is 0.201. The molecule has 10 nitrogen and oxygen atoms in total. The number of nitrogens with one attached hydrogen (secondary N) is 1. The molecular weight excluding hydrogens is 670 g/mol. The maximum Gasteiger partial charge on any atom is 0.287 e. The Labute approximate surface area is 317 Å². The number of carbonyl (C=O) groups is 7. The van der Waals surface area contributed by atoms with Crippen LogP contribution in [0.1, 0.15) is 151 Å². The van der Waals surface area contributed by atoms with E-state index in [2.05, 4.69) is 19.2 Å². The van der Waals surface area contributed by atoms with Crippen molar-refractivity contribution in [1.29, 1.82) is 0 Å². The number of likely N-dealkylation sites (tertiary alicyclic amines) is 1. The highest BCUT2D eigenvalue weighted by Gasteiger charge is 2.69. The van der Waals surface area contributed by atoms with Crippen molar-refractivity contribution >= 4 is 41.0 Å². The number of fused-ring (bicyclic) bond motifs is 3. The van der Waals surface area contributed by atoms with Gasteiger partial charge in [0.05, 0.1) is 6.04 Å². The molecule has 0 aromatic heterocycles. The summed E-state index contributed by atoms with van der Waals surface area (Å²) in [6.45, 7) is 15.3. The van der Waals surface area contributed by atoms with E-state index >= 15 is 0 Å². The predicted molar refractivity (Wildman–Crippen MR) is 202 cm³/mol. The Bertz CT molecular complexity index is 1420. The highest BCUT2D eigenvalue weighted by Crippen LogP contribution is 2.65. The van der Waals surface area contributed by atoms with Gasteiger partial charge >= 0.3 is 0 Å². The normalized spacial score (nSPS) is 30.4. The molecule has 53 heavy (non-hydrogen) atoms. The lowest BCUT2D eigenvalue weighted by atomic mass is 9.75. The van der Waals surface area contributed by atoms with E-state index in [0.29, 0.717) is 31.8 Å². The SMILES string of the molecule is CC1(C)CC(=O)N(C[C@@H](CC(=O)C[C@H]2CCCCCCCCC[C@@H](C(=O)C(=O)NCC3CC3)CC(=O)[C@@H]3[C@@H]4[C@H](CN3C2=O)C4(C)C)C(C)(C)C)C(=O)C1. The molecule has 3 saturated heterocycles. The molecule has 296 valence electrons. The number of piperidine rings is 2. The minimum absolute atomic E-state index is 0.0107. The Balaban J connectivity index is 1.33. The summed E-state index contributed by atoms with van der Waals surface area (Å²) in [5, 5.41) is 2.80. The third-order valence-corrected chi connectivity index (χ3v) is 13.5. The van der Waals surface area contributed by atoms with Gasteiger partial charge < -0.3 is 10.2 Å². The van der Waals surface area contributed by atoms with E-state index in [0.717, 1.165) is 57.8 Å². The molecule has 6 atom stereocenters. The van der Waals surface area contributed by atoms with E-state index in [1.807, 2.05) is 34.6 Å². The molecule has 5 fully saturated rings. The van der Waals surface area contributed by atoms with Gasteiger partial charge in [-0.2, -0.15) is 0 Å². The first kappa shape index (κ1) is 41.3. The maximum atomic E-state index is 14.6. The van der Waals surface area contributed by atoms with E-state index < -0.39 is 29.6 Å². The average Bonchev–Trinajstić information content (AvgIpc) is 3.92. The van der Waals surface area contributed by atoms with Gasteiger partial charge in [-0.3, -0.25) is 38.5 Å². The fourth-order valence-electron chi connectivity index (χ4n) is 9.53. The summed E-state index contributed by atoms with van der Waals surface area (Å²) < 4.78 is 0. The van der Waals surface area contributed by atoms with Gasteiger partial charge in [0.25, 0.3) is 5.91 Å². The number of rotatable bonds is 10. The van der Waals surface area contributed by atoms with Gasteiger partial charge in [0.2, 0.25) is 23.5 Å². The molecule has 10 heteroatoms. The summed E-state index contributed by atoms with van der Waals surface area (Å²) in [7, 11) is 0. The molecule has 5 aliphatic rings. The summed E-state index contributed by atoms with van der Waals surface area (Å²) in [6.07, 6.45) is 10.4. The summed E-state index contributed by atoms with van der Waals surface area (Å²) in [4.78, 5) is 98.6. The third kappa shape index (κ3) is 10.2. The lowest BCUT2D eigenvalue weighted by Gasteiger charge is -2.39. The second-order valence-electron chi connectivity index (χ2n) is 19.9. The van der Waals surface area contributed by atoms with Gasteiger partial charge in [-0.15, -0.1) is 0 Å². The Morgan fingerprint density at radius 1 is 0.830 bits per heavy atom. The fourth-order valence-corrected chi connectivity index (χ4v) is 9.53. The number of ketones is 3. The number of imide groups is 1. The molecule has 0 aromatic rings. The zero-order chi connectivity index (χ0) is 38.9. The molecule has 0 spiro atoms. The molecule has 0 radical (unpaired) electrons. The summed E-state index contributed by atoms with van der Waals surface area (Å²) in [6, 6.07) is -0.666. The van der Waals surface area contributed by atoms with Crippen molar-refractivity contribution in [2.45, 2.75) is 157 Å². The fraction of sp³-hybridized carbons (Fsp3) is 0.837. The second-order valence-corrected chi connectivity index (χ2v) is 19.9. The monoisotopic (exact) mass is 737 g/mol. The molecule has 3 heterocycles. The van der Waals surface area contributed by atoms with Crippen LogP contribution in [0.25, 0.3) is 0 Å². The van der Waals surface area contributed by atoms with Crippen LogP contribution in [0.3, 0.4) is 0 Å². The van der Waals surface area contributed by atoms with Crippen LogP contribution in [0.5, 0.6) is 0 Å². The minimum atomic E-state index is -0.705. The van der Waals surface area contributed by atoms with Crippen LogP contribution in [0.2, 0.25) is 0 Å². The molecule has 0 bridgehead atoms. The number of amides is 4. The van der Waals surface area contributed by atoms with Gasteiger partial charge in [0.1, 0.15) is 5.78 Å². The van der Waals surface area contributed by atoms with E-state index in [1.54, 1.807) is 4.90 Å². The lowest BCUT2D eigenvalue weighted by molar-refractivity contribution is -0.154. The van der Waals surface area contributed by atoms with Crippen molar-refractivity contribution in [3.8, 4) is 0 Å². The highest BCUT2D eigenvalue weighted by molar-refractivity contribution is 6.37. The average molecular weight is 738 g/mol. The van der Waals surface area contributed by atoms with Gasteiger partial charge in [0.15, 0.2) is 5.78 Å². The molecule has 2 saturated carbocycles. The number of hydrogen-bond donors (Lipinski definition) is 1. The first-order chi connectivity index (χ1) is 24.8. The number of nitrogens with zero attached hydrogens (tertiary/aromatic N) is 2. The largest absolute Gasteiger partial charge is 0.349 e. The van der Waals surface area contributed by atoms with Crippen LogP contribution < -0.4 is 5.32 Å². The standard InChI is InChI=1S/C43H67N3O7/c1-41(2,3)30(25-45-34(49)22-42(4,5)23-35(45)50)21-31(47)19-29-16-14-12-10-8-9-11-13-15-28(38(51)39(52)44-24-27-17-18-27)20-33(48)37-36-32(43(36,6)7)26-46(37)40(29)53/h27-30,32,36-37H,8-26H2,1-7H3,(H,44,52)/t28-,29-,30-,32+,36+,37-/m1/s1. The van der Waals surface area contributed by atoms with Gasteiger partial charge in [-0.25, -0.2) is 0 Å². The van der Waals surface area contributed by atoms with Crippen LogP contribution >= 0.6 is 0 Å².